The number of carbonyl (C=O) groups is 3. The van der Waals surface area contributed by atoms with E-state index in [4.69, 9.17) is 9.47 Å². The number of halogens is 1. The van der Waals surface area contributed by atoms with Crippen molar-refractivity contribution >= 4 is 63.3 Å². The van der Waals surface area contributed by atoms with Crippen LogP contribution in [0.3, 0.4) is 0 Å². The van der Waals surface area contributed by atoms with Gasteiger partial charge < -0.3 is 14.8 Å². The highest BCUT2D eigenvalue weighted by molar-refractivity contribution is 14.1. The lowest BCUT2D eigenvalue weighted by atomic mass is 9.77. The van der Waals surface area contributed by atoms with Crippen molar-refractivity contribution in [3.8, 4) is 11.1 Å². The van der Waals surface area contributed by atoms with Gasteiger partial charge in [0.2, 0.25) is 5.91 Å². The van der Waals surface area contributed by atoms with Gasteiger partial charge >= 0.3 is 6.09 Å². The molecule has 0 radical (unpaired) electrons. The Kier molecular flexibility index (Phi) is 7.87. The van der Waals surface area contributed by atoms with Gasteiger partial charge in [-0.05, 0) is 64.4 Å². The lowest BCUT2D eigenvalue weighted by Crippen LogP contribution is -2.56. The number of carbonyl (C=O) groups excluding carboxylic acids is 3. The van der Waals surface area contributed by atoms with Crippen molar-refractivity contribution in [2.75, 3.05) is 10.6 Å². The Morgan fingerprint density at radius 3 is 2.56 bits per heavy atom. The molecule has 7 rings (SSSR count). The average molecular weight is 716 g/mol. The molecule has 0 aliphatic carbocycles. The van der Waals surface area contributed by atoms with Gasteiger partial charge in [-0.2, -0.15) is 0 Å². The van der Waals surface area contributed by atoms with Gasteiger partial charge in [0.1, 0.15) is 24.6 Å². The molecule has 2 N–H and O–H groups in total. The minimum absolute atomic E-state index is 0.0407. The second-order valence-corrected chi connectivity index (χ2v) is 14.0. The molecule has 3 fully saturated rings. The van der Waals surface area contributed by atoms with Crippen LogP contribution in [0.1, 0.15) is 42.6 Å². The van der Waals surface area contributed by atoms with Gasteiger partial charge in [-0.25, -0.2) is 7.91 Å². The molecule has 5 unspecified atom stereocenters. The fourth-order valence-electron chi connectivity index (χ4n) is 7.04. The lowest BCUT2D eigenvalue weighted by molar-refractivity contribution is -0.116. The van der Waals surface area contributed by atoms with E-state index in [1.807, 2.05) is 78.9 Å². The molecule has 4 aromatic rings. The Balaban J connectivity index is 1.04. The summed E-state index contributed by atoms with van der Waals surface area (Å²) in [6.07, 6.45) is 1.92. The number of hydrogen-bond acceptors (Lipinski definition) is 6. The summed E-state index contributed by atoms with van der Waals surface area (Å²) in [6, 6.07) is 27.3. The van der Waals surface area contributed by atoms with Crippen molar-refractivity contribution in [2.45, 2.75) is 63.5 Å². The molecule has 0 saturated carbocycles. The van der Waals surface area contributed by atoms with E-state index >= 15 is 0 Å². The fraction of sp³-hybridized carbons (Fsp3) is 0.306. The first-order valence-electron chi connectivity index (χ1n) is 15.2. The van der Waals surface area contributed by atoms with Crippen LogP contribution in [0.15, 0.2) is 84.9 Å². The van der Waals surface area contributed by atoms with Crippen molar-refractivity contribution < 1.29 is 23.9 Å². The summed E-state index contributed by atoms with van der Waals surface area (Å²) in [5.74, 6) is -0.112. The summed E-state index contributed by atoms with van der Waals surface area (Å²) in [6.45, 7) is 4.44. The molecule has 3 aliphatic rings. The smallest absolute Gasteiger partial charge is 0.411 e. The number of amides is 2. The molecule has 3 aliphatic heterocycles. The van der Waals surface area contributed by atoms with Crippen molar-refractivity contribution in [3.63, 3.8) is 0 Å². The van der Waals surface area contributed by atoms with Crippen LogP contribution in [0, 0.1) is 5.41 Å². The van der Waals surface area contributed by atoms with Gasteiger partial charge in [0.25, 0.3) is 0 Å². The van der Waals surface area contributed by atoms with Crippen LogP contribution >= 0.6 is 22.9 Å². The van der Waals surface area contributed by atoms with Gasteiger partial charge in [-0.3, -0.25) is 14.9 Å². The second kappa shape index (κ2) is 11.9. The van der Waals surface area contributed by atoms with Crippen molar-refractivity contribution in [3.05, 3.63) is 96.1 Å². The van der Waals surface area contributed by atoms with Crippen LogP contribution in [-0.2, 0) is 20.7 Å². The molecule has 3 heterocycles. The molecular formula is C36H34IN3O5. The number of ether oxygens (including phenoxy) is 2. The normalized spacial score (nSPS) is 24.5. The maximum absolute atomic E-state index is 13.4. The summed E-state index contributed by atoms with van der Waals surface area (Å²) < 4.78 is 14.4. The van der Waals surface area contributed by atoms with Crippen molar-refractivity contribution in [1.29, 1.82) is 0 Å². The maximum Gasteiger partial charge on any atom is 0.411 e. The Hall–Kier alpha value is -3.80. The number of benzene rings is 4. The number of epoxide rings is 1. The van der Waals surface area contributed by atoms with E-state index in [1.165, 1.54) is 0 Å². The van der Waals surface area contributed by atoms with E-state index in [2.05, 4.69) is 50.5 Å². The number of anilines is 2. The van der Waals surface area contributed by atoms with Gasteiger partial charge in [-0.1, -0.05) is 74.5 Å². The molecule has 3 saturated heterocycles. The number of rotatable bonds is 8. The zero-order chi connectivity index (χ0) is 31.3. The molecule has 8 nitrogen and oxygen atoms in total. The molecular weight excluding hydrogens is 681 g/mol. The third kappa shape index (κ3) is 5.96. The number of morpholine rings is 1. The highest BCUT2D eigenvalue weighted by Crippen LogP contribution is 2.57. The minimum atomic E-state index is -0.494. The van der Waals surface area contributed by atoms with Crippen LogP contribution in [0.4, 0.5) is 16.2 Å². The quantitative estimate of drug-likeness (QED) is 0.0854. The standard InChI is InChI=1S/C36H34IN3O5/c1-36(2)19-29(31-32-33(45-32)34(36)40(31)37)44-35(43)39-28-17-21(9-14-27(28)23-6-4-3-5-7-23)10-15-30(42)38-26-13-12-24-16-22(20-41)8-11-25(24)18-26/h3-9,11-14,16-18,20,29,31-34H,10,15,19H2,1-2H3,(H,38,42)(H,39,43). The predicted octanol–water partition coefficient (Wildman–Crippen LogP) is 7.41. The summed E-state index contributed by atoms with van der Waals surface area (Å²) in [4.78, 5) is 37.4. The predicted molar refractivity (Wildman–Crippen MR) is 183 cm³/mol. The molecule has 9 heteroatoms. The topological polar surface area (TPSA) is 100 Å². The highest BCUT2D eigenvalue weighted by atomic mass is 127. The SMILES string of the molecule is CC1(C)CC(OC(=O)Nc2cc(CCC(=O)Nc3ccc4cc(C=O)ccc4c3)ccc2-c2ccccc2)C2C3OC3C1N2I. The largest absolute Gasteiger partial charge is 0.444 e. The first-order chi connectivity index (χ1) is 21.7. The van der Waals surface area contributed by atoms with Crippen LogP contribution in [0.5, 0.6) is 0 Å². The Morgan fingerprint density at radius 1 is 0.978 bits per heavy atom. The number of nitrogens with one attached hydrogen (secondary N) is 2. The third-order valence-electron chi connectivity index (χ3n) is 9.26. The Morgan fingerprint density at radius 2 is 1.76 bits per heavy atom. The zero-order valence-electron chi connectivity index (χ0n) is 25.0. The van der Waals surface area contributed by atoms with E-state index in [1.54, 1.807) is 6.07 Å². The third-order valence-corrected chi connectivity index (χ3v) is 10.5. The molecule has 4 aromatic carbocycles. The number of nitrogens with zero attached hydrogens (tertiary/aromatic N) is 1. The summed E-state index contributed by atoms with van der Waals surface area (Å²) >= 11 is 2.37. The monoisotopic (exact) mass is 715 g/mol. The average Bonchev–Trinajstić information content (AvgIpc) is 3.73. The Bertz CT molecular complexity index is 1790. The number of piperidine rings is 1. The van der Waals surface area contributed by atoms with E-state index in [9.17, 15) is 14.4 Å². The zero-order valence-corrected chi connectivity index (χ0v) is 27.2. The van der Waals surface area contributed by atoms with Gasteiger partial charge in [0, 0.05) is 46.1 Å². The van der Waals surface area contributed by atoms with Gasteiger partial charge in [0.05, 0.1) is 17.8 Å². The number of hydrogen-bond donors (Lipinski definition) is 2. The maximum atomic E-state index is 13.4. The van der Waals surface area contributed by atoms with Crippen LogP contribution in [0.2, 0.25) is 0 Å². The second-order valence-electron chi connectivity index (χ2n) is 12.8. The van der Waals surface area contributed by atoms with E-state index in [0.29, 0.717) is 29.4 Å². The molecule has 5 atom stereocenters. The molecule has 0 spiro atoms. The van der Waals surface area contributed by atoms with E-state index in [0.717, 1.165) is 40.2 Å². The van der Waals surface area contributed by atoms with Crippen LogP contribution < -0.4 is 10.6 Å². The van der Waals surface area contributed by atoms with Crippen molar-refractivity contribution in [2.24, 2.45) is 5.41 Å². The molecule has 2 amide bonds. The van der Waals surface area contributed by atoms with Crippen molar-refractivity contribution in [1.82, 2.24) is 3.11 Å². The van der Waals surface area contributed by atoms with Gasteiger partial charge in [0.15, 0.2) is 0 Å². The summed E-state index contributed by atoms with van der Waals surface area (Å²) in [7, 11) is 0. The minimum Gasteiger partial charge on any atom is -0.444 e. The van der Waals surface area contributed by atoms with Gasteiger partial charge in [-0.15, -0.1) is 0 Å². The summed E-state index contributed by atoms with van der Waals surface area (Å²) in [5.41, 5.74) is 4.68. The first kappa shape index (κ1) is 29.9. The molecule has 2 bridgehead atoms. The lowest BCUT2D eigenvalue weighted by Gasteiger charge is -2.46. The van der Waals surface area contributed by atoms with E-state index in [-0.39, 0.29) is 42.1 Å². The molecule has 230 valence electrons. The first-order valence-corrected chi connectivity index (χ1v) is 16.2. The molecule has 0 aromatic heterocycles. The summed E-state index contributed by atoms with van der Waals surface area (Å²) in [5, 5.41) is 7.89. The Labute approximate surface area is 276 Å². The number of fused-ring (bicyclic) bond motifs is 6. The van der Waals surface area contributed by atoms with Crippen LogP contribution in [0.25, 0.3) is 21.9 Å². The fourth-order valence-corrected chi connectivity index (χ4v) is 8.79. The van der Waals surface area contributed by atoms with E-state index < -0.39 is 6.09 Å². The molecule has 45 heavy (non-hydrogen) atoms. The highest BCUT2D eigenvalue weighted by Gasteiger charge is 2.70. The van der Waals surface area contributed by atoms with Crippen LogP contribution in [-0.4, -0.2) is 51.8 Å². The number of aldehydes is 1. The number of aryl methyl sites for hydroxylation is 1.